The molecule has 0 bridgehead atoms. The van der Waals surface area contributed by atoms with Gasteiger partial charge in [-0.05, 0) is 88.1 Å². The first kappa shape index (κ1) is 49.8. The Morgan fingerprint density at radius 2 is 1.53 bits per heavy atom. The number of hydrogen-bond donors (Lipinski definition) is 3. The molecular formula is C46H59N4O10PS3. The van der Waals surface area contributed by atoms with Crippen LogP contribution < -0.4 is 5.32 Å². The number of nitrogens with zero attached hydrogens (tertiary/aromatic N) is 3. The quantitative estimate of drug-likeness (QED) is 0.0667. The number of aliphatic hydroxyl groups is 2. The monoisotopic (exact) mass is 954 g/mol. The Kier molecular flexibility index (Phi) is 17.0. The van der Waals surface area contributed by atoms with Crippen LogP contribution in [0.5, 0.6) is 0 Å². The van der Waals surface area contributed by atoms with Crippen LogP contribution in [0.3, 0.4) is 0 Å². The Balaban J connectivity index is 1.12. The molecule has 3 amide bonds. The number of aliphatic hydroxyl groups excluding tert-OH is 2. The smallest absolute Gasteiger partial charge is 0.335 e. The summed E-state index contributed by atoms with van der Waals surface area (Å²) in [5, 5.41) is 22.4. The van der Waals surface area contributed by atoms with E-state index in [0.717, 1.165) is 53.0 Å². The van der Waals surface area contributed by atoms with Gasteiger partial charge in [0, 0.05) is 28.8 Å². The van der Waals surface area contributed by atoms with Gasteiger partial charge in [-0.25, -0.2) is 6.57 Å². The maximum Gasteiger partial charge on any atom is 0.335 e. The van der Waals surface area contributed by atoms with Crippen LogP contribution in [-0.2, 0) is 39.0 Å². The molecule has 3 aromatic rings. The Morgan fingerprint density at radius 1 is 0.891 bits per heavy atom. The van der Waals surface area contributed by atoms with E-state index in [-0.39, 0.29) is 84.1 Å². The molecule has 18 heteroatoms. The molecule has 5 atom stereocenters. The number of nitrogens with one attached hydrogen (secondary N) is 1. The van der Waals surface area contributed by atoms with Crippen LogP contribution in [0.1, 0.15) is 92.9 Å². The fourth-order valence-corrected chi connectivity index (χ4v) is 12.7. The first-order valence-electron chi connectivity index (χ1n) is 21.8. The van der Waals surface area contributed by atoms with E-state index in [2.05, 4.69) is 10.2 Å². The topological polar surface area (TPSA) is 184 Å². The van der Waals surface area contributed by atoms with Crippen LogP contribution in [0, 0.1) is 17.4 Å². The van der Waals surface area contributed by atoms with Gasteiger partial charge in [0.05, 0.1) is 60.8 Å². The van der Waals surface area contributed by atoms with Crippen molar-refractivity contribution >= 4 is 80.5 Å². The van der Waals surface area contributed by atoms with Crippen molar-refractivity contribution in [2.45, 2.75) is 102 Å². The van der Waals surface area contributed by atoms with Crippen molar-refractivity contribution in [2.75, 3.05) is 51.0 Å². The van der Waals surface area contributed by atoms with Crippen LogP contribution in [-0.4, -0.2) is 123 Å². The van der Waals surface area contributed by atoms with E-state index in [0.29, 0.717) is 48.2 Å². The average Bonchev–Trinajstić information content (AvgIpc) is 4.04. The van der Waals surface area contributed by atoms with Crippen molar-refractivity contribution in [1.29, 1.82) is 0 Å². The van der Waals surface area contributed by atoms with E-state index in [1.807, 2.05) is 36.4 Å². The Morgan fingerprint density at radius 3 is 2.16 bits per heavy atom. The lowest BCUT2D eigenvalue weighted by Crippen LogP contribution is -2.56. The van der Waals surface area contributed by atoms with Crippen LogP contribution in [0.15, 0.2) is 54.6 Å². The zero-order chi connectivity index (χ0) is 46.2. The average molecular weight is 955 g/mol. The highest BCUT2D eigenvalue weighted by molar-refractivity contribution is 8.14. The molecule has 3 aliphatic rings. The summed E-state index contributed by atoms with van der Waals surface area (Å²) in [4.78, 5) is 75.3. The third-order valence-corrected chi connectivity index (χ3v) is 17.6. The molecule has 0 saturated carbocycles. The van der Waals surface area contributed by atoms with Gasteiger partial charge in [0.2, 0.25) is 17.9 Å². The number of carbonyl (C=O) groups excluding carboxylic acids is 5. The van der Waals surface area contributed by atoms with Gasteiger partial charge >= 0.3 is 7.60 Å². The van der Waals surface area contributed by atoms with Crippen LogP contribution in [0.25, 0.3) is 14.9 Å². The van der Waals surface area contributed by atoms with Crippen molar-refractivity contribution in [3.8, 4) is 0 Å². The first-order chi connectivity index (χ1) is 30.5. The summed E-state index contributed by atoms with van der Waals surface area (Å²) in [6.07, 6.45) is 3.96. The van der Waals surface area contributed by atoms with Crippen LogP contribution in [0.2, 0.25) is 0 Å². The summed E-state index contributed by atoms with van der Waals surface area (Å²) < 4.78 is 26.7. The lowest BCUT2D eigenvalue weighted by molar-refractivity contribution is -0.146. The van der Waals surface area contributed by atoms with Crippen molar-refractivity contribution in [3.63, 3.8) is 0 Å². The highest BCUT2D eigenvalue weighted by atomic mass is 32.2. The number of likely N-dealkylation sites (tertiary alicyclic amines) is 1. The van der Waals surface area contributed by atoms with Gasteiger partial charge in [-0.1, -0.05) is 72.8 Å². The van der Waals surface area contributed by atoms with Crippen molar-refractivity contribution < 1.29 is 47.8 Å². The summed E-state index contributed by atoms with van der Waals surface area (Å²) in [6, 6.07) is 15.0. The summed E-state index contributed by atoms with van der Waals surface area (Å²) in [6.45, 7) is 14.3. The Hall–Kier alpha value is -3.59. The second kappa shape index (κ2) is 21.8. The predicted molar refractivity (Wildman–Crippen MR) is 251 cm³/mol. The molecule has 346 valence electrons. The minimum Gasteiger partial charge on any atom is -0.395 e. The molecule has 3 aliphatic heterocycles. The van der Waals surface area contributed by atoms with Gasteiger partial charge in [0.25, 0.3) is 5.91 Å². The predicted octanol–water partition coefficient (Wildman–Crippen LogP) is 7.13. The summed E-state index contributed by atoms with van der Waals surface area (Å²) in [5.74, 6) is -0.557. The normalized spacial score (nSPS) is 21.9. The molecule has 4 heterocycles. The molecule has 0 spiro atoms. The van der Waals surface area contributed by atoms with Crippen LogP contribution >= 0.6 is 42.5 Å². The fraction of sp³-hybridized carbons (Fsp3) is 0.565. The van der Waals surface area contributed by atoms with Gasteiger partial charge in [-0.2, -0.15) is 0 Å². The Labute approximate surface area is 387 Å². The molecule has 2 aromatic carbocycles. The largest absolute Gasteiger partial charge is 0.395 e. The number of thioether (sulfide) groups is 2. The number of thiophene rings is 1. The summed E-state index contributed by atoms with van der Waals surface area (Å²) >= 11 is 3.19. The number of amides is 3. The van der Waals surface area contributed by atoms with E-state index in [4.69, 9.17) is 15.6 Å². The molecule has 0 aliphatic carbocycles. The minimum atomic E-state index is -3.84. The number of benzene rings is 2. The molecule has 14 nitrogen and oxygen atoms in total. The number of hydrogen-bond acceptors (Lipinski definition) is 13. The van der Waals surface area contributed by atoms with Gasteiger partial charge in [0.1, 0.15) is 12.1 Å². The molecule has 1 aromatic heterocycles. The maximum absolute atomic E-state index is 14.4. The molecule has 0 radical (unpaired) electrons. The highest BCUT2D eigenvalue weighted by Gasteiger charge is 2.48. The van der Waals surface area contributed by atoms with Gasteiger partial charge in [-0.3, -0.25) is 28.5 Å². The second-order valence-corrected chi connectivity index (χ2v) is 23.3. The molecular weight excluding hydrogens is 896 g/mol. The highest BCUT2D eigenvalue weighted by Crippen LogP contribution is 2.52. The third-order valence-electron chi connectivity index (χ3n) is 12.2. The molecule has 6 rings (SSSR count). The zero-order valence-corrected chi connectivity index (χ0v) is 40.2. The lowest BCUT2D eigenvalue weighted by atomic mass is 9.95. The maximum atomic E-state index is 14.4. The fourth-order valence-electron chi connectivity index (χ4n) is 8.27. The summed E-state index contributed by atoms with van der Waals surface area (Å²) in [7, 11) is -3.84. The van der Waals surface area contributed by atoms with Gasteiger partial charge in [0.15, 0.2) is 10.2 Å². The summed E-state index contributed by atoms with van der Waals surface area (Å²) in [5.41, 5.74) is -0.258. The number of carbonyl (C=O) groups is 5. The molecule has 3 saturated heterocycles. The van der Waals surface area contributed by atoms with E-state index >= 15 is 0 Å². The van der Waals surface area contributed by atoms with Crippen molar-refractivity contribution in [3.05, 3.63) is 82.0 Å². The van der Waals surface area contributed by atoms with Crippen LogP contribution in [0.4, 0.5) is 0 Å². The second-order valence-electron chi connectivity index (χ2n) is 18.0. The Bertz CT molecular complexity index is 2230. The van der Waals surface area contributed by atoms with E-state index in [1.165, 1.54) is 11.3 Å². The lowest BCUT2D eigenvalue weighted by Gasteiger charge is -2.36. The molecule has 3 N–H and O–H groups in total. The SMILES string of the molecule is [C-]#[N+][C@H]1CN(C(=O)[C@@H]2CC[C@@H]3CCCC[C@H](NC(=O)c4cc5cc(CP(=O)(OCCSC(=O)C(C)(C)CO)OCCSC(=O)C(C)(C)CO)ccc5s4)C(=O)N32)C[C@@H]1c1ccccc1. The standard InChI is InChI=1S/C46H59N4O10PS3/c1-45(2,28-51)43(56)62-21-19-59-61(58,60-20-22-63-44(57)46(3,4)29-52)27-30-15-18-38-32(23-30)24-39(64-38)40(53)48-35-14-10-9-13-33-16-17-37(50(33)41(35)54)42(55)49-25-34(36(26-49)47-5)31-11-7-6-8-12-31/h6-8,11-12,15,18,23-24,33-37,51-52H,9-10,13-14,16-17,19-22,25-29H2,1-4H3,(H,48,53)/t33-,34+,35-,36-,37-/m0/s1. The van der Waals surface area contributed by atoms with Gasteiger partial charge < -0.3 is 39.2 Å². The number of fused-ring (bicyclic) bond motifs is 2. The van der Waals surface area contributed by atoms with E-state index in [9.17, 15) is 38.8 Å². The molecule has 3 fully saturated rings. The number of rotatable bonds is 18. The minimum absolute atomic E-state index is 0.0769. The first-order valence-corrected chi connectivity index (χ1v) is 26.3. The van der Waals surface area contributed by atoms with E-state index < -0.39 is 36.4 Å². The molecule has 0 unspecified atom stereocenters. The van der Waals surface area contributed by atoms with E-state index in [1.54, 1.807) is 55.7 Å². The van der Waals surface area contributed by atoms with Gasteiger partial charge in [-0.15, -0.1) is 11.3 Å². The van der Waals surface area contributed by atoms with Crippen molar-refractivity contribution in [1.82, 2.24) is 15.1 Å². The third kappa shape index (κ3) is 12.0. The molecule has 64 heavy (non-hydrogen) atoms. The zero-order valence-electron chi connectivity index (χ0n) is 36.9. The van der Waals surface area contributed by atoms with Crippen molar-refractivity contribution in [2.24, 2.45) is 10.8 Å².